The van der Waals surface area contributed by atoms with Crippen molar-refractivity contribution < 1.29 is 19.4 Å². The van der Waals surface area contributed by atoms with Crippen LogP contribution in [0.15, 0.2) is 47.4 Å². The van der Waals surface area contributed by atoms with Gasteiger partial charge in [-0.05, 0) is 43.7 Å². The van der Waals surface area contributed by atoms with Crippen LogP contribution in [-0.2, 0) is 4.79 Å². The van der Waals surface area contributed by atoms with Crippen LogP contribution >= 0.6 is 23.4 Å². The highest BCUT2D eigenvalue weighted by Crippen LogP contribution is 2.27. The first-order valence-corrected chi connectivity index (χ1v) is 9.13. The van der Waals surface area contributed by atoms with Gasteiger partial charge in [0.05, 0.1) is 5.56 Å². The van der Waals surface area contributed by atoms with Gasteiger partial charge in [0.25, 0.3) is 0 Å². The number of aryl methyl sites for hydroxylation is 1. The van der Waals surface area contributed by atoms with Crippen molar-refractivity contribution >= 4 is 35.1 Å². The maximum atomic E-state index is 11.7. The molecule has 0 amide bonds. The molecule has 1 atom stereocenters. The maximum Gasteiger partial charge on any atom is 0.344 e. The number of carboxylic acid groups (broad SMARTS) is 1. The van der Waals surface area contributed by atoms with E-state index in [1.165, 1.54) is 19.1 Å². The molecule has 0 saturated carbocycles. The second kappa shape index (κ2) is 8.92. The standard InChI is InChI=1S/C19H19ClO4S/c1-12-5-3-4-6-18(12)25-10-9-17(19(22)23)24-16-8-7-14(20)11-15(16)13(2)21/h3-8,11,17H,9-10H2,1-2H3,(H,22,23). The van der Waals surface area contributed by atoms with Crippen LogP contribution < -0.4 is 4.74 Å². The normalized spacial score (nSPS) is 11.8. The summed E-state index contributed by atoms with van der Waals surface area (Å²) >= 11 is 7.48. The third-order valence-corrected chi connectivity index (χ3v) is 5.04. The number of carbonyl (C=O) groups is 2. The van der Waals surface area contributed by atoms with Crippen molar-refractivity contribution in [1.82, 2.24) is 0 Å². The van der Waals surface area contributed by atoms with Crippen molar-refractivity contribution in [2.45, 2.75) is 31.3 Å². The van der Waals surface area contributed by atoms with Crippen molar-refractivity contribution in [3.05, 3.63) is 58.6 Å². The molecule has 0 aromatic heterocycles. The minimum atomic E-state index is -1.06. The fourth-order valence-electron chi connectivity index (χ4n) is 2.26. The van der Waals surface area contributed by atoms with Crippen LogP contribution in [-0.4, -0.2) is 28.7 Å². The lowest BCUT2D eigenvalue weighted by Gasteiger charge is -2.17. The average molecular weight is 379 g/mol. The molecule has 1 N–H and O–H groups in total. The van der Waals surface area contributed by atoms with E-state index in [4.69, 9.17) is 16.3 Å². The quantitative estimate of drug-likeness (QED) is 0.524. The van der Waals surface area contributed by atoms with E-state index in [1.54, 1.807) is 17.8 Å². The van der Waals surface area contributed by atoms with Gasteiger partial charge in [-0.3, -0.25) is 4.79 Å². The summed E-state index contributed by atoms with van der Waals surface area (Å²) < 4.78 is 5.60. The number of thioether (sulfide) groups is 1. The summed E-state index contributed by atoms with van der Waals surface area (Å²) in [6, 6.07) is 12.5. The number of rotatable bonds is 8. The van der Waals surface area contributed by atoms with Crippen molar-refractivity contribution in [3.63, 3.8) is 0 Å². The first kappa shape index (κ1) is 19.3. The molecule has 2 rings (SSSR count). The van der Waals surface area contributed by atoms with Gasteiger partial charge in [0.1, 0.15) is 5.75 Å². The Morgan fingerprint density at radius 2 is 1.96 bits per heavy atom. The van der Waals surface area contributed by atoms with Crippen LogP contribution in [0.4, 0.5) is 0 Å². The van der Waals surface area contributed by atoms with Gasteiger partial charge in [0.2, 0.25) is 0 Å². The van der Waals surface area contributed by atoms with E-state index in [9.17, 15) is 14.7 Å². The van der Waals surface area contributed by atoms with Gasteiger partial charge in [0, 0.05) is 22.1 Å². The topological polar surface area (TPSA) is 63.6 Å². The van der Waals surface area contributed by atoms with E-state index in [0.29, 0.717) is 17.2 Å². The van der Waals surface area contributed by atoms with E-state index in [-0.39, 0.29) is 17.1 Å². The Kier molecular flexibility index (Phi) is 6.91. The number of Topliss-reactive ketones (excluding diaryl/α,β-unsaturated/α-hetero) is 1. The molecule has 0 saturated heterocycles. The van der Waals surface area contributed by atoms with E-state index in [0.717, 1.165) is 10.5 Å². The average Bonchev–Trinajstić information content (AvgIpc) is 2.56. The Morgan fingerprint density at radius 3 is 2.60 bits per heavy atom. The van der Waals surface area contributed by atoms with Crippen LogP contribution in [0.1, 0.15) is 29.3 Å². The molecular weight excluding hydrogens is 360 g/mol. The minimum absolute atomic E-state index is 0.226. The lowest BCUT2D eigenvalue weighted by atomic mass is 10.1. The third-order valence-electron chi connectivity index (χ3n) is 3.60. The predicted molar refractivity (Wildman–Crippen MR) is 100 cm³/mol. The molecule has 0 aliphatic carbocycles. The zero-order valence-electron chi connectivity index (χ0n) is 14.0. The molecule has 0 aliphatic heterocycles. The monoisotopic (exact) mass is 378 g/mol. The molecule has 0 radical (unpaired) electrons. The SMILES string of the molecule is CC(=O)c1cc(Cl)ccc1OC(CCSc1ccccc1C)C(=O)O. The smallest absolute Gasteiger partial charge is 0.344 e. The molecule has 4 nitrogen and oxygen atoms in total. The largest absolute Gasteiger partial charge is 0.479 e. The summed E-state index contributed by atoms with van der Waals surface area (Å²) in [5.41, 5.74) is 1.43. The Bertz CT molecular complexity index is 776. The Labute approximate surface area is 156 Å². The fourth-order valence-corrected chi connectivity index (χ4v) is 3.45. The van der Waals surface area contributed by atoms with E-state index in [1.807, 2.05) is 31.2 Å². The molecular formula is C19H19ClO4S. The van der Waals surface area contributed by atoms with Gasteiger partial charge in [-0.2, -0.15) is 0 Å². The molecule has 0 aliphatic rings. The van der Waals surface area contributed by atoms with Gasteiger partial charge in [-0.25, -0.2) is 4.79 Å². The van der Waals surface area contributed by atoms with Crippen molar-refractivity contribution in [1.29, 1.82) is 0 Å². The highest BCUT2D eigenvalue weighted by Gasteiger charge is 2.22. The van der Waals surface area contributed by atoms with Gasteiger partial charge in [0.15, 0.2) is 11.9 Å². The molecule has 25 heavy (non-hydrogen) atoms. The molecule has 0 heterocycles. The number of benzene rings is 2. The number of halogens is 1. The molecule has 0 fully saturated rings. The van der Waals surface area contributed by atoms with E-state index < -0.39 is 12.1 Å². The molecule has 0 spiro atoms. The number of hydrogen-bond acceptors (Lipinski definition) is 4. The lowest BCUT2D eigenvalue weighted by Crippen LogP contribution is -2.28. The molecule has 1 unspecified atom stereocenters. The van der Waals surface area contributed by atoms with E-state index >= 15 is 0 Å². The van der Waals surface area contributed by atoms with Crippen LogP contribution in [0, 0.1) is 6.92 Å². The van der Waals surface area contributed by atoms with Gasteiger partial charge >= 0.3 is 5.97 Å². The number of ether oxygens (including phenoxy) is 1. The summed E-state index contributed by atoms with van der Waals surface area (Å²) in [5.74, 6) is -0.457. The van der Waals surface area contributed by atoms with Crippen LogP contribution in [0.25, 0.3) is 0 Å². The Morgan fingerprint density at radius 1 is 1.24 bits per heavy atom. The maximum absolute atomic E-state index is 11.7. The molecule has 2 aromatic carbocycles. The molecule has 6 heteroatoms. The Hall–Kier alpha value is -1.98. The fraction of sp³-hybridized carbons (Fsp3) is 0.263. The number of carbonyl (C=O) groups excluding carboxylic acids is 1. The zero-order valence-corrected chi connectivity index (χ0v) is 15.6. The summed E-state index contributed by atoms with van der Waals surface area (Å²) in [6.07, 6.45) is -0.718. The second-order valence-corrected chi connectivity index (χ2v) is 7.12. The van der Waals surface area contributed by atoms with Gasteiger partial charge < -0.3 is 9.84 Å². The lowest BCUT2D eigenvalue weighted by molar-refractivity contribution is -0.145. The van der Waals surface area contributed by atoms with Crippen molar-refractivity contribution in [3.8, 4) is 5.75 Å². The highest BCUT2D eigenvalue weighted by molar-refractivity contribution is 7.99. The van der Waals surface area contributed by atoms with Crippen LogP contribution in [0.5, 0.6) is 5.75 Å². The predicted octanol–water partition coefficient (Wildman–Crippen LogP) is 4.87. The summed E-state index contributed by atoms with van der Waals surface area (Å²) in [6.45, 7) is 3.41. The first-order chi connectivity index (χ1) is 11.9. The van der Waals surface area contributed by atoms with Crippen LogP contribution in [0.3, 0.4) is 0 Å². The minimum Gasteiger partial charge on any atom is -0.479 e. The number of ketones is 1. The van der Waals surface area contributed by atoms with Crippen molar-refractivity contribution in [2.75, 3.05) is 5.75 Å². The molecule has 132 valence electrons. The molecule has 0 bridgehead atoms. The van der Waals surface area contributed by atoms with Gasteiger partial charge in [-0.1, -0.05) is 29.8 Å². The number of aliphatic carboxylic acids is 1. The first-order valence-electron chi connectivity index (χ1n) is 7.77. The van der Waals surface area contributed by atoms with Gasteiger partial charge in [-0.15, -0.1) is 11.8 Å². The molecule has 2 aromatic rings. The summed E-state index contributed by atoms with van der Waals surface area (Å²) in [4.78, 5) is 24.3. The summed E-state index contributed by atoms with van der Waals surface area (Å²) in [5, 5.41) is 9.83. The van der Waals surface area contributed by atoms with Crippen LogP contribution in [0.2, 0.25) is 5.02 Å². The van der Waals surface area contributed by atoms with E-state index in [2.05, 4.69) is 0 Å². The van der Waals surface area contributed by atoms with Crippen molar-refractivity contribution in [2.24, 2.45) is 0 Å². The summed E-state index contributed by atoms with van der Waals surface area (Å²) in [7, 11) is 0. The highest BCUT2D eigenvalue weighted by atomic mass is 35.5. The zero-order chi connectivity index (χ0) is 18.4. The second-order valence-electron chi connectivity index (χ2n) is 5.54. The third kappa shape index (κ3) is 5.51. The number of hydrogen-bond donors (Lipinski definition) is 1. The number of carboxylic acids is 1. The Balaban J connectivity index is 2.06.